The van der Waals surface area contributed by atoms with Gasteiger partial charge in [0.15, 0.2) is 12.6 Å². The average Bonchev–Trinajstić information content (AvgIpc) is 3.06. The van der Waals surface area contributed by atoms with Gasteiger partial charge in [-0.3, -0.25) is 4.79 Å². The Morgan fingerprint density at radius 1 is 0.681 bits per heavy atom. The lowest BCUT2D eigenvalue weighted by Crippen LogP contribution is -2.65. The fraction of sp³-hybridized carbons (Fsp3) is 0.970. The first kappa shape index (κ1) is 42.2. The van der Waals surface area contributed by atoms with Crippen molar-refractivity contribution in [2.75, 3.05) is 19.8 Å². The van der Waals surface area contributed by atoms with Crippen molar-refractivity contribution in [2.24, 2.45) is 0 Å². The van der Waals surface area contributed by atoms with E-state index in [-0.39, 0.29) is 12.5 Å². The summed E-state index contributed by atoms with van der Waals surface area (Å²) in [6, 6.07) is -0.814. The van der Waals surface area contributed by atoms with Crippen molar-refractivity contribution in [2.45, 2.75) is 184 Å². The van der Waals surface area contributed by atoms with Crippen LogP contribution in [-0.4, -0.2) is 140 Å². The lowest BCUT2D eigenvalue weighted by Gasteiger charge is -2.46. The maximum Gasteiger partial charge on any atom is 0.220 e. The molecule has 2 fully saturated rings. The van der Waals surface area contributed by atoms with Crippen molar-refractivity contribution < 1.29 is 64.6 Å². The van der Waals surface area contributed by atoms with Crippen LogP contribution in [0.3, 0.4) is 0 Å². The van der Waals surface area contributed by atoms with Gasteiger partial charge in [-0.05, 0) is 12.8 Å². The number of nitrogens with one attached hydrogen (secondary N) is 1. The fourth-order valence-corrected chi connectivity index (χ4v) is 6.00. The van der Waals surface area contributed by atoms with Crippen LogP contribution in [0.2, 0.25) is 0 Å². The number of hydrogen-bond acceptors (Lipinski definition) is 13. The molecule has 278 valence electrons. The zero-order valence-corrected chi connectivity index (χ0v) is 28.3. The van der Waals surface area contributed by atoms with Gasteiger partial charge in [0.25, 0.3) is 0 Å². The number of ether oxygens (including phenoxy) is 4. The quantitative estimate of drug-likeness (QED) is 0.0628. The van der Waals surface area contributed by atoms with Gasteiger partial charge >= 0.3 is 0 Å². The van der Waals surface area contributed by atoms with Crippen molar-refractivity contribution >= 4 is 5.91 Å². The summed E-state index contributed by atoms with van der Waals surface area (Å²) in [5.41, 5.74) is 0. The van der Waals surface area contributed by atoms with Crippen molar-refractivity contribution in [1.82, 2.24) is 5.32 Å². The van der Waals surface area contributed by atoms with Crippen LogP contribution in [0.25, 0.3) is 0 Å². The molecular formula is C33H63NO13. The summed E-state index contributed by atoms with van der Waals surface area (Å²) in [5, 5.41) is 85.3. The first-order chi connectivity index (χ1) is 22.6. The summed E-state index contributed by atoms with van der Waals surface area (Å²) in [5.74, 6) is -0.223. The average molecular weight is 682 g/mol. The molecule has 0 bridgehead atoms. The Labute approximate surface area is 279 Å². The van der Waals surface area contributed by atoms with Gasteiger partial charge in [0, 0.05) is 6.42 Å². The Bertz CT molecular complexity index is 821. The van der Waals surface area contributed by atoms with Crippen molar-refractivity contribution in [3.05, 3.63) is 0 Å². The number of unbranched alkanes of at least 4 members (excludes halogenated alkanes) is 11. The first-order valence-corrected chi connectivity index (χ1v) is 17.8. The predicted molar refractivity (Wildman–Crippen MR) is 171 cm³/mol. The summed E-state index contributed by atoms with van der Waals surface area (Å²) >= 11 is 0. The number of aliphatic hydroxyl groups excluding tert-OH is 8. The number of amides is 1. The molecule has 9 N–H and O–H groups in total. The number of carbonyl (C=O) groups excluding carboxylic acids is 1. The lowest BCUT2D eigenvalue weighted by molar-refractivity contribution is -0.359. The van der Waals surface area contributed by atoms with E-state index in [2.05, 4.69) is 12.2 Å². The second-order valence-corrected chi connectivity index (χ2v) is 13.0. The molecule has 14 nitrogen and oxygen atoms in total. The van der Waals surface area contributed by atoms with Crippen molar-refractivity contribution in [3.8, 4) is 0 Å². The van der Waals surface area contributed by atoms with Gasteiger partial charge in [-0.2, -0.15) is 0 Å². The third-order valence-electron chi connectivity index (χ3n) is 9.07. The molecule has 0 aromatic carbocycles. The van der Waals surface area contributed by atoms with Crippen LogP contribution in [0.1, 0.15) is 110 Å². The predicted octanol–water partition coefficient (Wildman–Crippen LogP) is 0.364. The molecular weight excluding hydrogens is 618 g/mol. The van der Waals surface area contributed by atoms with E-state index in [1.54, 1.807) is 0 Å². The maximum atomic E-state index is 12.8. The van der Waals surface area contributed by atoms with E-state index in [9.17, 15) is 45.6 Å². The van der Waals surface area contributed by atoms with Gasteiger partial charge in [0.2, 0.25) is 5.91 Å². The van der Waals surface area contributed by atoms with Gasteiger partial charge in [0.1, 0.15) is 48.8 Å². The van der Waals surface area contributed by atoms with E-state index >= 15 is 0 Å². The highest BCUT2D eigenvalue weighted by atomic mass is 16.7. The molecule has 0 radical (unpaired) electrons. The van der Waals surface area contributed by atoms with E-state index in [1.165, 1.54) is 38.5 Å². The molecule has 2 heterocycles. The molecule has 2 aliphatic rings. The number of aliphatic hydroxyl groups is 8. The molecule has 0 spiro atoms. The monoisotopic (exact) mass is 681 g/mol. The highest BCUT2D eigenvalue weighted by Crippen LogP contribution is 2.29. The Balaban J connectivity index is 1.91. The summed E-state index contributed by atoms with van der Waals surface area (Å²) in [6.07, 6.45) is -1.86. The molecule has 2 rings (SSSR count). The van der Waals surface area contributed by atoms with E-state index in [0.29, 0.717) is 12.8 Å². The third-order valence-corrected chi connectivity index (χ3v) is 9.07. The number of hydrogen-bond donors (Lipinski definition) is 9. The molecule has 0 aliphatic carbocycles. The van der Waals surface area contributed by atoms with Gasteiger partial charge in [-0.25, -0.2) is 0 Å². The summed E-state index contributed by atoms with van der Waals surface area (Å²) in [6.45, 7) is 2.60. The SMILES string of the molecule is CCCCCCCCCCCCC(=O)NC(COC1OC(CO)C(OC2OC(CO)C(O)C(O)C2O)C(O)C1O)C(O)CCCCC. The van der Waals surface area contributed by atoms with Gasteiger partial charge < -0.3 is 65.1 Å². The minimum atomic E-state index is -1.77. The first-order valence-electron chi connectivity index (χ1n) is 17.8. The molecule has 2 aliphatic heterocycles. The zero-order valence-electron chi connectivity index (χ0n) is 28.3. The molecule has 14 heteroatoms. The number of rotatable bonds is 24. The van der Waals surface area contributed by atoms with Crippen molar-refractivity contribution in [1.29, 1.82) is 0 Å². The minimum absolute atomic E-state index is 0.223. The molecule has 12 atom stereocenters. The highest BCUT2D eigenvalue weighted by molar-refractivity contribution is 5.76. The highest BCUT2D eigenvalue weighted by Gasteiger charge is 2.50. The van der Waals surface area contributed by atoms with Crippen molar-refractivity contribution in [3.63, 3.8) is 0 Å². The second-order valence-electron chi connectivity index (χ2n) is 13.0. The van der Waals surface area contributed by atoms with E-state index in [0.717, 1.165) is 44.9 Å². The molecule has 47 heavy (non-hydrogen) atoms. The Morgan fingerprint density at radius 3 is 1.81 bits per heavy atom. The molecule has 1 amide bonds. The number of carbonyl (C=O) groups is 1. The zero-order chi connectivity index (χ0) is 34.8. The summed E-state index contributed by atoms with van der Waals surface area (Å²) in [4.78, 5) is 12.8. The van der Waals surface area contributed by atoms with E-state index < -0.39 is 86.8 Å². The smallest absolute Gasteiger partial charge is 0.220 e. The minimum Gasteiger partial charge on any atom is -0.394 e. The van der Waals surface area contributed by atoms with Crippen LogP contribution >= 0.6 is 0 Å². The van der Waals surface area contributed by atoms with Crippen LogP contribution in [-0.2, 0) is 23.7 Å². The van der Waals surface area contributed by atoms with E-state index in [1.807, 2.05) is 6.92 Å². The van der Waals surface area contributed by atoms with E-state index in [4.69, 9.17) is 18.9 Å². The van der Waals surface area contributed by atoms with Crippen LogP contribution in [0.15, 0.2) is 0 Å². The van der Waals surface area contributed by atoms with Crippen LogP contribution in [0.5, 0.6) is 0 Å². The molecule has 0 aromatic rings. The maximum absolute atomic E-state index is 12.8. The normalized spacial score (nSPS) is 32.6. The largest absolute Gasteiger partial charge is 0.394 e. The van der Waals surface area contributed by atoms with Gasteiger partial charge in [0.05, 0.1) is 32.0 Å². The third kappa shape index (κ3) is 14.0. The van der Waals surface area contributed by atoms with Crippen LogP contribution < -0.4 is 5.32 Å². The Kier molecular flexibility index (Phi) is 21.0. The topological polar surface area (TPSA) is 228 Å². The molecule has 12 unspecified atom stereocenters. The standard InChI is InChI=1S/C33H63NO13/c1-3-5-7-8-9-10-11-12-13-15-17-25(38)34-21(22(37)16-14-6-4-2)20-44-32-30(43)28(41)31(24(19-36)46-32)47-33-29(42)27(40)26(39)23(18-35)45-33/h21-24,26-33,35-37,39-43H,3-20H2,1-2H3,(H,34,38). The second kappa shape index (κ2) is 23.4. The summed E-state index contributed by atoms with van der Waals surface area (Å²) in [7, 11) is 0. The van der Waals surface area contributed by atoms with Crippen LogP contribution in [0.4, 0.5) is 0 Å². The van der Waals surface area contributed by atoms with Gasteiger partial charge in [-0.1, -0.05) is 90.9 Å². The fourth-order valence-electron chi connectivity index (χ4n) is 6.00. The van der Waals surface area contributed by atoms with Gasteiger partial charge in [-0.15, -0.1) is 0 Å². The Hall–Kier alpha value is -1.01. The Morgan fingerprint density at radius 2 is 1.21 bits per heavy atom. The lowest BCUT2D eigenvalue weighted by atomic mass is 9.97. The molecule has 0 saturated carbocycles. The molecule has 0 aromatic heterocycles. The molecule has 2 saturated heterocycles. The summed E-state index contributed by atoms with van der Waals surface area (Å²) < 4.78 is 22.4. The van der Waals surface area contributed by atoms with Crippen LogP contribution in [0, 0.1) is 0 Å².